The number of benzene rings is 1. The molecular formula is C14H20N2O. The van der Waals surface area contributed by atoms with E-state index in [1.54, 1.807) is 6.92 Å². The number of nitrogens with one attached hydrogen (secondary N) is 1. The van der Waals surface area contributed by atoms with Crippen LogP contribution in [0.1, 0.15) is 38.8 Å². The summed E-state index contributed by atoms with van der Waals surface area (Å²) in [7, 11) is 0. The standard InChI is InChI=1S/C14H20N2O/c1-4-8-16-12(3)13-6-5-7-14(9-13)17-11(2)10-15/h5-7,9,11-12,16H,4,8H2,1-3H3. The van der Waals surface area contributed by atoms with Crippen molar-refractivity contribution in [3.63, 3.8) is 0 Å². The summed E-state index contributed by atoms with van der Waals surface area (Å²) in [5.41, 5.74) is 1.18. The van der Waals surface area contributed by atoms with E-state index in [2.05, 4.69) is 31.3 Å². The molecule has 2 atom stereocenters. The third kappa shape index (κ3) is 4.46. The Hall–Kier alpha value is -1.53. The molecule has 0 aliphatic rings. The summed E-state index contributed by atoms with van der Waals surface area (Å²) >= 11 is 0. The van der Waals surface area contributed by atoms with Gasteiger partial charge >= 0.3 is 0 Å². The molecule has 0 saturated carbocycles. The van der Waals surface area contributed by atoms with E-state index in [0.29, 0.717) is 6.04 Å². The van der Waals surface area contributed by atoms with Crippen LogP contribution >= 0.6 is 0 Å². The summed E-state index contributed by atoms with van der Waals surface area (Å²) in [5.74, 6) is 0.752. The van der Waals surface area contributed by atoms with Crippen molar-refractivity contribution in [3.8, 4) is 11.8 Å². The van der Waals surface area contributed by atoms with Crippen LogP contribution in [0.15, 0.2) is 24.3 Å². The zero-order valence-corrected chi connectivity index (χ0v) is 10.7. The molecule has 0 heterocycles. The monoisotopic (exact) mass is 232 g/mol. The van der Waals surface area contributed by atoms with Gasteiger partial charge in [-0.25, -0.2) is 0 Å². The van der Waals surface area contributed by atoms with Crippen molar-refractivity contribution in [1.29, 1.82) is 5.26 Å². The molecule has 17 heavy (non-hydrogen) atoms. The number of ether oxygens (including phenoxy) is 1. The first-order valence-corrected chi connectivity index (χ1v) is 6.07. The van der Waals surface area contributed by atoms with Crippen LogP contribution in [-0.4, -0.2) is 12.6 Å². The molecule has 0 aliphatic heterocycles. The fourth-order valence-corrected chi connectivity index (χ4v) is 1.57. The molecule has 0 bridgehead atoms. The van der Waals surface area contributed by atoms with Crippen LogP contribution in [0.3, 0.4) is 0 Å². The Morgan fingerprint density at radius 3 is 2.82 bits per heavy atom. The van der Waals surface area contributed by atoms with Crippen molar-refractivity contribution in [1.82, 2.24) is 5.32 Å². The van der Waals surface area contributed by atoms with Crippen molar-refractivity contribution in [2.24, 2.45) is 0 Å². The second kappa shape index (κ2) is 6.93. The predicted molar refractivity (Wildman–Crippen MR) is 68.9 cm³/mol. The molecule has 0 radical (unpaired) electrons. The van der Waals surface area contributed by atoms with Crippen LogP contribution < -0.4 is 10.1 Å². The highest BCUT2D eigenvalue weighted by molar-refractivity contribution is 5.30. The van der Waals surface area contributed by atoms with Gasteiger partial charge in [0.25, 0.3) is 0 Å². The van der Waals surface area contributed by atoms with Crippen LogP contribution in [-0.2, 0) is 0 Å². The third-order valence-electron chi connectivity index (χ3n) is 2.55. The summed E-state index contributed by atoms with van der Waals surface area (Å²) in [6.07, 6.45) is 0.704. The Labute approximate surface area is 103 Å². The quantitative estimate of drug-likeness (QED) is 0.820. The van der Waals surface area contributed by atoms with Gasteiger partial charge in [-0.15, -0.1) is 0 Å². The Morgan fingerprint density at radius 1 is 1.41 bits per heavy atom. The molecule has 1 N–H and O–H groups in total. The van der Waals surface area contributed by atoms with Gasteiger partial charge in [0.1, 0.15) is 11.8 Å². The zero-order chi connectivity index (χ0) is 12.7. The lowest BCUT2D eigenvalue weighted by molar-refractivity contribution is 0.276. The zero-order valence-electron chi connectivity index (χ0n) is 10.7. The second-order valence-corrected chi connectivity index (χ2v) is 4.14. The van der Waals surface area contributed by atoms with Gasteiger partial charge in [0.05, 0.1) is 0 Å². The minimum absolute atomic E-state index is 0.302. The predicted octanol–water partition coefficient (Wildman–Crippen LogP) is 3.04. The van der Waals surface area contributed by atoms with Crippen LogP contribution in [0.4, 0.5) is 0 Å². The van der Waals surface area contributed by atoms with Gasteiger partial charge in [0.2, 0.25) is 0 Å². The number of hydrogen-bond donors (Lipinski definition) is 1. The third-order valence-corrected chi connectivity index (χ3v) is 2.55. The van der Waals surface area contributed by atoms with Gasteiger partial charge in [0.15, 0.2) is 6.10 Å². The topological polar surface area (TPSA) is 45.0 Å². The molecule has 0 aromatic heterocycles. The highest BCUT2D eigenvalue weighted by Crippen LogP contribution is 2.19. The van der Waals surface area contributed by atoms with Gasteiger partial charge in [-0.1, -0.05) is 19.1 Å². The molecular weight excluding hydrogens is 212 g/mol. The molecule has 0 aliphatic carbocycles. The molecule has 0 amide bonds. The van der Waals surface area contributed by atoms with Crippen molar-refractivity contribution in [2.45, 2.75) is 39.3 Å². The molecule has 1 rings (SSSR count). The molecule has 0 spiro atoms. The maximum atomic E-state index is 8.70. The van der Waals surface area contributed by atoms with E-state index in [4.69, 9.17) is 10.00 Å². The summed E-state index contributed by atoms with van der Waals surface area (Å²) in [6.45, 7) is 7.02. The summed E-state index contributed by atoms with van der Waals surface area (Å²) in [5, 5.41) is 12.1. The Morgan fingerprint density at radius 2 is 2.18 bits per heavy atom. The lowest BCUT2D eigenvalue weighted by Crippen LogP contribution is -2.19. The number of rotatable bonds is 6. The van der Waals surface area contributed by atoms with Gasteiger partial charge in [0, 0.05) is 6.04 Å². The summed E-state index contributed by atoms with van der Waals surface area (Å²) in [4.78, 5) is 0. The number of nitrogens with zero attached hydrogens (tertiary/aromatic N) is 1. The molecule has 3 nitrogen and oxygen atoms in total. The average molecular weight is 232 g/mol. The number of hydrogen-bond acceptors (Lipinski definition) is 3. The van der Waals surface area contributed by atoms with Crippen LogP contribution in [0.25, 0.3) is 0 Å². The Balaban J connectivity index is 2.68. The van der Waals surface area contributed by atoms with Crippen LogP contribution in [0.2, 0.25) is 0 Å². The first kappa shape index (κ1) is 13.5. The summed E-state index contributed by atoms with van der Waals surface area (Å²) in [6, 6.07) is 10.3. The highest BCUT2D eigenvalue weighted by Gasteiger charge is 2.07. The molecule has 92 valence electrons. The average Bonchev–Trinajstić information content (AvgIpc) is 2.36. The maximum Gasteiger partial charge on any atom is 0.181 e. The van der Waals surface area contributed by atoms with Crippen LogP contribution in [0, 0.1) is 11.3 Å². The van der Waals surface area contributed by atoms with E-state index in [0.717, 1.165) is 18.7 Å². The Bertz CT molecular complexity index is 384. The van der Waals surface area contributed by atoms with E-state index in [9.17, 15) is 0 Å². The lowest BCUT2D eigenvalue weighted by Gasteiger charge is -2.15. The molecule has 1 aromatic rings. The van der Waals surface area contributed by atoms with E-state index in [-0.39, 0.29) is 0 Å². The first-order chi connectivity index (χ1) is 8.17. The van der Waals surface area contributed by atoms with Crippen LogP contribution in [0.5, 0.6) is 5.75 Å². The Kier molecular flexibility index (Phi) is 5.51. The lowest BCUT2D eigenvalue weighted by atomic mass is 10.1. The second-order valence-electron chi connectivity index (χ2n) is 4.14. The SMILES string of the molecule is CCCNC(C)c1cccc(OC(C)C#N)c1. The number of nitriles is 1. The molecule has 0 fully saturated rings. The van der Waals surface area contributed by atoms with Crippen molar-refractivity contribution in [3.05, 3.63) is 29.8 Å². The normalized spacial score (nSPS) is 13.8. The molecule has 2 unspecified atom stereocenters. The summed E-state index contributed by atoms with van der Waals surface area (Å²) < 4.78 is 5.47. The van der Waals surface area contributed by atoms with E-state index < -0.39 is 6.10 Å². The van der Waals surface area contributed by atoms with Gasteiger partial charge < -0.3 is 10.1 Å². The molecule has 1 aromatic carbocycles. The van der Waals surface area contributed by atoms with Gasteiger partial charge in [-0.05, 0) is 44.5 Å². The van der Waals surface area contributed by atoms with Gasteiger partial charge in [-0.2, -0.15) is 5.26 Å². The van der Waals surface area contributed by atoms with E-state index in [1.807, 2.05) is 18.2 Å². The van der Waals surface area contributed by atoms with E-state index in [1.165, 1.54) is 5.56 Å². The highest BCUT2D eigenvalue weighted by atomic mass is 16.5. The fraction of sp³-hybridized carbons (Fsp3) is 0.500. The minimum atomic E-state index is -0.413. The van der Waals surface area contributed by atoms with Crippen molar-refractivity contribution in [2.75, 3.05) is 6.54 Å². The van der Waals surface area contributed by atoms with Gasteiger partial charge in [-0.3, -0.25) is 0 Å². The largest absolute Gasteiger partial charge is 0.476 e. The maximum absolute atomic E-state index is 8.70. The van der Waals surface area contributed by atoms with Crippen molar-refractivity contribution < 1.29 is 4.74 Å². The minimum Gasteiger partial charge on any atom is -0.476 e. The molecule has 3 heteroatoms. The molecule has 0 saturated heterocycles. The smallest absolute Gasteiger partial charge is 0.181 e. The first-order valence-electron chi connectivity index (χ1n) is 6.07. The van der Waals surface area contributed by atoms with E-state index >= 15 is 0 Å². The van der Waals surface area contributed by atoms with Crippen molar-refractivity contribution >= 4 is 0 Å². The fourth-order valence-electron chi connectivity index (χ4n) is 1.57.